The summed E-state index contributed by atoms with van der Waals surface area (Å²) in [6.45, 7) is 22.3. The van der Waals surface area contributed by atoms with Crippen LogP contribution >= 0.6 is 0 Å². The van der Waals surface area contributed by atoms with Gasteiger partial charge in [-0.2, -0.15) is 44.5 Å². The average molecular weight is 399 g/mol. The molecule has 0 fully saturated rings. The first kappa shape index (κ1) is 29.1. The molecule has 0 spiro atoms. The third-order valence-corrected chi connectivity index (χ3v) is 12.6. The largest absolute Gasteiger partial charge is 1.00 e. The SMILES string of the molecule is COCCCCC[Si](C)(c1c(C)c(C)[c-](C)c1C)c1c(C)c(C)[c-](C)c1C.[Li+].[Li+]. The van der Waals surface area contributed by atoms with Gasteiger partial charge in [-0.15, -0.1) is 0 Å². The van der Waals surface area contributed by atoms with Crippen LogP contribution in [0.15, 0.2) is 0 Å². The molecule has 0 aliphatic heterocycles. The second kappa shape index (κ2) is 11.6. The van der Waals surface area contributed by atoms with Crippen LogP contribution in [-0.2, 0) is 4.74 Å². The fraction of sp³-hybridized carbons (Fsp3) is 0.600. The van der Waals surface area contributed by atoms with Gasteiger partial charge in [0.15, 0.2) is 0 Å². The van der Waals surface area contributed by atoms with Crippen molar-refractivity contribution in [1.82, 2.24) is 0 Å². The van der Waals surface area contributed by atoms with E-state index in [1.54, 1.807) is 32.6 Å². The van der Waals surface area contributed by atoms with Gasteiger partial charge in [-0.1, -0.05) is 80.8 Å². The van der Waals surface area contributed by atoms with Crippen LogP contribution in [0.5, 0.6) is 0 Å². The molecule has 0 N–H and O–H groups in total. The van der Waals surface area contributed by atoms with Gasteiger partial charge in [-0.3, -0.25) is 0 Å². The summed E-state index contributed by atoms with van der Waals surface area (Å²) < 4.78 is 5.27. The molecule has 0 aliphatic rings. The van der Waals surface area contributed by atoms with Crippen molar-refractivity contribution in [2.75, 3.05) is 13.7 Å². The normalized spacial score (nSPS) is 11.4. The van der Waals surface area contributed by atoms with Gasteiger partial charge in [-0.25, -0.2) is 10.4 Å². The Hall–Kier alpha value is 0.0717. The third kappa shape index (κ3) is 5.29. The van der Waals surface area contributed by atoms with E-state index in [4.69, 9.17) is 4.74 Å². The fourth-order valence-corrected chi connectivity index (χ4v) is 11.1. The number of hydrogen-bond donors (Lipinski definition) is 0. The van der Waals surface area contributed by atoms with Crippen molar-refractivity contribution >= 4 is 18.4 Å². The Morgan fingerprint density at radius 2 is 1.10 bits per heavy atom. The Morgan fingerprint density at radius 3 is 1.41 bits per heavy atom. The molecule has 0 heterocycles. The van der Waals surface area contributed by atoms with Gasteiger partial charge >= 0.3 is 37.7 Å². The maximum absolute atomic E-state index is 5.27. The molecule has 0 amide bonds. The van der Waals surface area contributed by atoms with Crippen LogP contribution in [0.2, 0.25) is 12.6 Å². The first-order valence-corrected chi connectivity index (χ1v) is 13.3. The summed E-state index contributed by atoms with van der Waals surface area (Å²) >= 11 is 0. The Balaban J connectivity index is 0.00000392. The minimum Gasteiger partial charge on any atom is -0.385 e. The summed E-state index contributed by atoms with van der Waals surface area (Å²) in [5.41, 5.74) is 12.3. The van der Waals surface area contributed by atoms with E-state index in [2.05, 4.69) is 61.9 Å². The van der Waals surface area contributed by atoms with Crippen LogP contribution in [0, 0.1) is 55.4 Å². The minimum absolute atomic E-state index is 0. The zero-order valence-corrected chi connectivity index (χ0v) is 22.4. The Kier molecular flexibility index (Phi) is 11.7. The maximum Gasteiger partial charge on any atom is 1.00 e. The van der Waals surface area contributed by atoms with Crippen LogP contribution in [0.25, 0.3) is 0 Å². The van der Waals surface area contributed by atoms with Gasteiger partial charge < -0.3 is 4.74 Å². The van der Waals surface area contributed by atoms with Crippen molar-refractivity contribution in [2.45, 2.75) is 87.2 Å². The van der Waals surface area contributed by atoms with Gasteiger partial charge in [0.05, 0.1) is 0 Å². The fourth-order valence-electron chi connectivity index (χ4n) is 5.37. The summed E-state index contributed by atoms with van der Waals surface area (Å²) in [6.07, 6.45) is 3.75. The quantitative estimate of drug-likeness (QED) is 0.334. The van der Waals surface area contributed by atoms with Gasteiger partial charge in [0.25, 0.3) is 0 Å². The van der Waals surface area contributed by atoms with E-state index in [0.29, 0.717) is 0 Å². The predicted octanol–water partition coefficient (Wildman–Crippen LogP) is -0.391. The first-order valence-electron chi connectivity index (χ1n) is 10.6. The molecule has 0 aliphatic carbocycles. The number of rotatable bonds is 8. The molecule has 0 radical (unpaired) electrons. The van der Waals surface area contributed by atoms with Crippen molar-refractivity contribution in [2.24, 2.45) is 0 Å². The smallest absolute Gasteiger partial charge is 0.385 e. The molecule has 29 heavy (non-hydrogen) atoms. The molecule has 1 nitrogen and oxygen atoms in total. The van der Waals surface area contributed by atoms with E-state index in [-0.39, 0.29) is 37.7 Å². The molecule has 2 aromatic rings. The molecule has 2 rings (SSSR count). The van der Waals surface area contributed by atoms with Crippen LogP contribution < -0.4 is 48.1 Å². The average Bonchev–Trinajstić information content (AvgIpc) is 2.95. The van der Waals surface area contributed by atoms with Crippen LogP contribution in [-0.4, -0.2) is 21.8 Å². The standard InChI is InChI=1S/C25H40OSi.2Li/c1-16-17(2)21(6)24(20(16)5)27(10,15-13-11-12-14-26-9)25-22(7)18(3)19(4)23(25)8;;/h11-15H2,1-10H3;;/q-2;2*+1. The number of hydrogen-bond acceptors (Lipinski definition) is 1. The summed E-state index contributed by atoms with van der Waals surface area (Å²) in [6, 6.07) is 1.34. The van der Waals surface area contributed by atoms with Crippen molar-refractivity contribution in [3.05, 3.63) is 44.5 Å². The van der Waals surface area contributed by atoms with E-state index in [9.17, 15) is 0 Å². The monoisotopic (exact) mass is 398 g/mol. The molecule has 4 heteroatoms. The molecule has 0 bridgehead atoms. The molecule has 0 atom stereocenters. The third-order valence-electron chi connectivity index (χ3n) is 7.50. The molecular weight excluding hydrogens is 358 g/mol. The van der Waals surface area contributed by atoms with Crippen LogP contribution in [0.1, 0.15) is 63.8 Å². The number of methoxy groups -OCH3 is 1. The molecular formula is C25H40Li2OSi. The topological polar surface area (TPSA) is 9.23 Å². The van der Waals surface area contributed by atoms with Gasteiger partial charge in [0.1, 0.15) is 0 Å². The Labute approximate surface area is 205 Å². The van der Waals surface area contributed by atoms with E-state index in [1.807, 2.05) is 7.11 Å². The van der Waals surface area contributed by atoms with Crippen LogP contribution in [0.4, 0.5) is 0 Å². The van der Waals surface area contributed by atoms with Gasteiger partial charge in [0, 0.05) is 13.7 Å². The molecule has 0 unspecified atom stereocenters. The molecule has 152 valence electrons. The number of ether oxygens (including phenoxy) is 1. The van der Waals surface area contributed by atoms with Crippen molar-refractivity contribution in [3.63, 3.8) is 0 Å². The summed E-state index contributed by atoms with van der Waals surface area (Å²) in [5.74, 6) is 0. The van der Waals surface area contributed by atoms with E-state index in [1.165, 1.54) is 47.6 Å². The van der Waals surface area contributed by atoms with E-state index >= 15 is 0 Å². The number of unbranched alkanes of at least 4 members (excludes halogenated alkanes) is 2. The zero-order chi connectivity index (χ0) is 20.5. The van der Waals surface area contributed by atoms with E-state index in [0.717, 1.165) is 6.61 Å². The summed E-state index contributed by atoms with van der Waals surface area (Å²) in [4.78, 5) is 0. The first-order chi connectivity index (χ1) is 12.6. The Morgan fingerprint density at radius 1 is 0.690 bits per heavy atom. The second-order valence-electron chi connectivity index (χ2n) is 8.89. The Bertz CT molecular complexity index is 705. The van der Waals surface area contributed by atoms with Crippen molar-refractivity contribution < 1.29 is 42.5 Å². The minimum atomic E-state index is -1.80. The van der Waals surface area contributed by atoms with E-state index < -0.39 is 8.07 Å². The molecule has 2 aromatic carbocycles. The summed E-state index contributed by atoms with van der Waals surface area (Å²) in [5, 5.41) is 3.45. The zero-order valence-electron chi connectivity index (χ0n) is 21.4. The molecule has 0 saturated carbocycles. The van der Waals surface area contributed by atoms with Gasteiger partial charge in [-0.05, 0) is 14.5 Å². The van der Waals surface area contributed by atoms with Crippen LogP contribution in [0.3, 0.4) is 0 Å². The second-order valence-corrected chi connectivity index (χ2v) is 13.0. The molecule has 0 aromatic heterocycles. The van der Waals surface area contributed by atoms with Gasteiger partial charge in [0.2, 0.25) is 0 Å². The van der Waals surface area contributed by atoms with Crippen molar-refractivity contribution in [3.8, 4) is 0 Å². The summed E-state index contributed by atoms with van der Waals surface area (Å²) in [7, 11) is 0.00690. The predicted molar refractivity (Wildman–Crippen MR) is 123 cm³/mol. The maximum atomic E-state index is 5.27. The molecule has 0 saturated heterocycles. The van der Waals surface area contributed by atoms with Crippen molar-refractivity contribution in [1.29, 1.82) is 0 Å².